The molecule has 3 nitrogen and oxygen atoms in total. The summed E-state index contributed by atoms with van der Waals surface area (Å²) in [5.74, 6) is 0.873. The lowest BCUT2D eigenvalue weighted by atomic mass is 10.2. The molecule has 2 N–H and O–H groups in total. The van der Waals surface area contributed by atoms with E-state index in [1.54, 1.807) is 0 Å². The van der Waals surface area contributed by atoms with Gasteiger partial charge in [-0.05, 0) is 42.9 Å². The van der Waals surface area contributed by atoms with Crippen LogP contribution in [0.5, 0.6) is 5.75 Å². The summed E-state index contributed by atoms with van der Waals surface area (Å²) < 4.78 is 5.82. The average Bonchev–Trinajstić information content (AvgIpc) is 2.59. The maximum atomic E-state index is 5.82. The fourth-order valence-corrected chi connectivity index (χ4v) is 2.61. The zero-order valence-corrected chi connectivity index (χ0v) is 15.1. The van der Waals surface area contributed by atoms with E-state index in [4.69, 9.17) is 17.0 Å². The highest BCUT2D eigenvalue weighted by Crippen LogP contribution is 2.18. The molecular formula is C20H26N2OS. The Morgan fingerprint density at radius 3 is 2.38 bits per heavy atom. The zero-order valence-electron chi connectivity index (χ0n) is 14.3. The third kappa shape index (κ3) is 7.01. The van der Waals surface area contributed by atoms with Gasteiger partial charge in [0.2, 0.25) is 0 Å². The van der Waals surface area contributed by atoms with Crippen LogP contribution in [0.4, 0.5) is 11.4 Å². The van der Waals surface area contributed by atoms with Gasteiger partial charge < -0.3 is 15.4 Å². The number of anilines is 2. The van der Waals surface area contributed by atoms with E-state index in [2.05, 4.69) is 17.6 Å². The third-order valence-electron chi connectivity index (χ3n) is 3.64. The van der Waals surface area contributed by atoms with Crippen LogP contribution in [-0.2, 0) is 0 Å². The Hall–Kier alpha value is -2.07. The van der Waals surface area contributed by atoms with E-state index in [9.17, 15) is 0 Å². The Morgan fingerprint density at radius 2 is 1.58 bits per heavy atom. The van der Waals surface area contributed by atoms with Gasteiger partial charge in [0, 0.05) is 17.4 Å². The van der Waals surface area contributed by atoms with Gasteiger partial charge in [-0.25, -0.2) is 0 Å². The molecule has 0 fully saturated rings. The second-order valence-electron chi connectivity index (χ2n) is 5.74. The Labute approximate surface area is 150 Å². The van der Waals surface area contributed by atoms with Gasteiger partial charge in [-0.3, -0.25) is 0 Å². The van der Waals surface area contributed by atoms with E-state index in [0.717, 1.165) is 30.2 Å². The molecule has 2 aromatic rings. The Morgan fingerprint density at radius 1 is 0.875 bits per heavy atom. The molecule has 0 aliphatic rings. The number of unbranched alkanes of at least 4 members (excludes halogenated alkanes) is 4. The van der Waals surface area contributed by atoms with Gasteiger partial charge in [0.15, 0.2) is 5.11 Å². The normalized spacial score (nSPS) is 10.2. The summed E-state index contributed by atoms with van der Waals surface area (Å²) >= 11 is 5.35. The zero-order chi connectivity index (χ0) is 17.0. The van der Waals surface area contributed by atoms with Crippen molar-refractivity contribution in [3.05, 3.63) is 54.6 Å². The van der Waals surface area contributed by atoms with Crippen LogP contribution in [0.1, 0.15) is 39.0 Å². The van der Waals surface area contributed by atoms with Gasteiger partial charge in [0.1, 0.15) is 5.75 Å². The molecule has 0 atom stereocenters. The van der Waals surface area contributed by atoms with Crippen molar-refractivity contribution in [2.45, 2.75) is 39.0 Å². The number of nitrogens with one attached hydrogen (secondary N) is 2. The predicted molar refractivity (Wildman–Crippen MR) is 107 cm³/mol. The number of hydrogen-bond acceptors (Lipinski definition) is 2. The fourth-order valence-electron chi connectivity index (χ4n) is 2.37. The molecule has 2 rings (SSSR count). The van der Waals surface area contributed by atoms with Gasteiger partial charge in [0.05, 0.1) is 6.61 Å². The second-order valence-corrected chi connectivity index (χ2v) is 6.14. The van der Waals surface area contributed by atoms with Crippen molar-refractivity contribution in [1.82, 2.24) is 0 Å². The molecular weight excluding hydrogens is 316 g/mol. The second kappa shape index (κ2) is 10.7. The molecule has 0 saturated carbocycles. The van der Waals surface area contributed by atoms with E-state index in [1.807, 2.05) is 54.6 Å². The van der Waals surface area contributed by atoms with E-state index < -0.39 is 0 Å². The Balaban J connectivity index is 1.76. The number of para-hydroxylation sites is 1. The van der Waals surface area contributed by atoms with Gasteiger partial charge in [-0.2, -0.15) is 0 Å². The van der Waals surface area contributed by atoms with Crippen molar-refractivity contribution in [2.24, 2.45) is 0 Å². The van der Waals surface area contributed by atoms with Crippen molar-refractivity contribution in [1.29, 1.82) is 0 Å². The largest absolute Gasteiger partial charge is 0.494 e. The van der Waals surface area contributed by atoms with Crippen molar-refractivity contribution < 1.29 is 4.74 Å². The number of ether oxygens (including phenoxy) is 1. The quantitative estimate of drug-likeness (QED) is 0.443. The highest BCUT2D eigenvalue weighted by molar-refractivity contribution is 7.80. The van der Waals surface area contributed by atoms with Gasteiger partial charge >= 0.3 is 0 Å². The van der Waals surface area contributed by atoms with Gasteiger partial charge in [-0.1, -0.05) is 56.9 Å². The topological polar surface area (TPSA) is 33.3 Å². The van der Waals surface area contributed by atoms with Crippen LogP contribution in [0, 0.1) is 0 Å². The lowest BCUT2D eigenvalue weighted by Gasteiger charge is -2.12. The van der Waals surface area contributed by atoms with Crippen molar-refractivity contribution in [3.8, 4) is 5.75 Å². The predicted octanol–water partition coefficient (Wildman–Crippen LogP) is 5.84. The van der Waals surface area contributed by atoms with E-state index in [0.29, 0.717) is 5.11 Å². The van der Waals surface area contributed by atoms with Crippen LogP contribution in [0.15, 0.2) is 54.6 Å². The molecule has 0 aliphatic carbocycles. The van der Waals surface area contributed by atoms with Gasteiger partial charge in [0.25, 0.3) is 0 Å². The summed E-state index contributed by atoms with van der Waals surface area (Å²) in [4.78, 5) is 0. The summed E-state index contributed by atoms with van der Waals surface area (Å²) in [5, 5.41) is 6.92. The number of benzene rings is 2. The maximum Gasteiger partial charge on any atom is 0.175 e. The van der Waals surface area contributed by atoms with Crippen LogP contribution in [-0.4, -0.2) is 11.7 Å². The molecule has 0 saturated heterocycles. The molecule has 0 spiro atoms. The molecule has 0 aliphatic heterocycles. The van der Waals surface area contributed by atoms with Crippen LogP contribution < -0.4 is 15.4 Å². The molecule has 128 valence electrons. The standard InChI is InChI=1S/C20H26N2OS/c1-2-3-4-5-9-15-23-19-14-10-13-18(16-19)22-20(24)21-17-11-7-6-8-12-17/h6-8,10-14,16H,2-5,9,15H2,1H3,(H2,21,22,24). The van der Waals surface area contributed by atoms with Crippen molar-refractivity contribution >= 4 is 28.7 Å². The monoisotopic (exact) mass is 342 g/mol. The summed E-state index contributed by atoms with van der Waals surface area (Å²) in [5.41, 5.74) is 1.89. The molecule has 2 aromatic carbocycles. The minimum atomic E-state index is 0.568. The highest BCUT2D eigenvalue weighted by atomic mass is 32.1. The third-order valence-corrected chi connectivity index (χ3v) is 3.84. The Kier molecular flexibility index (Phi) is 8.11. The minimum absolute atomic E-state index is 0.568. The van der Waals surface area contributed by atoms with Crippen LogP contribution in [0.2, 0.25) is 0 Å². The average molecular weight is 343 g/mol. The molecule has 0 unspecified atom stereocenters. The molecule has 24 heavy (non-hydrogen) atoms. The van der Waals surface area contributed by atoms with Crippen LogP contribution in [0.25, 0.3) is 0 Å². The summed E-state index contributed by atoms with van der Waals surface area (Å²) in [7, 11) is 0. The van der Waals surface area contributed by atoms with Crippen molar-refractivity contribution in [2.75, 3.05) is 17.2 Å². The molecule has 0 aromatic heterocycles. The SMILES string of the molecule is CCCCCCCOc1cccc(NC(=S)Nc2ccccc2)c1. The highest BCUT2D eigenvalue weighted by Gasteiger charge is 2.01. The Bertz CT molecular complexity index is 616. The number of rotatable bonds is 9. The summed E-state index contributed by atoms with van der Waals surface area (Å²) in [6.07, 6.45) is 6.21. The van der Waals surface area contributed by atoms with E-state index >= 15 is 0 Å². The molecule has 0 radical (unpaired) electrons. The first kappa shape index (κ1) is 18.3. The molecule has 0 amide bonds. The molecule has 0 heterocycles. The lowest BCUT2D eigenvalue weighted by Crippen LogP contribution is -2.18. The first-order valence-electron chi connectivity index (χ1n) is 8.64. The maximum absolute atomic E-state index is 5.82. The lowest BCUT2D eigenvalue weighted by molar-refractivity contribution is 0.304. The molecule has 0 bridgehead atoms. The number of hydrogen-bond donors (Lipinski definition) is 2. The molecule has 4 heteroatoms. The fraction of sp³-hybridized carbons (Fsp3) is 0.350. The first-order chi connectivity index (χ1) is 11.8. The van der Waals surface area contributed by atoms with E-state index in [-0.39, 0.29) is 0 Å². The van der Waals surface area contributed by atoms with Gasteiger partial charge in [-0.15, -0.1) is 0 Å². The first-order valence-corrected chi connectivity index (χ1v) is 9.04. The van der Waals surface area contributed by atoms with Crippen molar-refractivity contribution in [3.63, 3.8) is 0 Å². The smallest absolute Gasteiger partial charge is 0.175 e. The van der Waals surface area contributed by atoms with Crippen LogP contribution in [0.3, 0.4) is 0 Å². The van der Waals surface area contributed by atoms with E-state index in [1.165, 1.54) is 25.7 Å². The summed E-state index contributed by atoms with van der Waals surface area (Å²) in [6.45, 7) is 2.99. The summed E-state index contributed by atoms with van der Waals surface area (Å²) in [6, 6.07) is 17.8. The minimum Gasteiger partial charge on any atom is -0.494 e. The number of thiocarbonyl (C=S) groups is 1. The van der Waals surface area contributed by atoms with Crippen LogP contribution >= 0.6 is 12.2 Å².